The third kappa shape index (κ3) is 3.46. The smallest absolute Gasteiger partial charge is 0.300 e. The molecule has 8 nitrogen and oxygen atoms in total. The number of aryl methyl sites for hydroxylation is 2. The Hall–Kier alpha value is -2.55. The Morgan fingerprint density at radius 1 is 1.00 bits per heavy atom. The molecule has 0 aliphatic heterocycles. The van der Waals surface area contributed by atoms with Crippen LogP contribution in [0.2, 0.25) is 0 Å². The van der Waals surface area contributed by atoms with Crippen LogP contribution in [-0.2, 0) is 35.7 Å². The van der Waals surface area contributed by atoms with Crippen molar-refractivity contribution < 1.29 is 26.8 Å². The molecule has 1 N–H and O–H groups in total. The first-order chi connectivity index (χ1) is 13.4. The molecule has 2 aliphatic carbocycles. The summed E-state index contributed by atoms with van der Waals surface area (Å²) >= 11 is 0. The lowest BCUT2D eigenvalue weighted by Crippen LogP contribution is -2.38. The molecule has 2 amide bonds. The molecule has 0 atom stereocenters. The minimum Gasteiger partial charge on any atom is -0.459 e. The van der Waals surface area contributed by atoms with E-state index in [9.17, 15) is 18.0 Å². The van der Waals surface area contributed by atoms with Gasteiger partial charge in [0.15, 0.2) is 11.5 Å². The maximum absolute atomic E-state index is 12.6. The quantitative estimate of drug-likeness (QED) is 0.782. The number of furan rings is 2. The lowest BCUT2D eigenvalue weighted by Gasteiger charge is -2.16. The second-order valence-electron chi connectivity index (χ2n) is 7.32. The van der Waals surface area contributed by atoms with E-state index in [1.54, 1.807) is 6.26 Å². The third-order valence-electron chi connectivity index (χ3n) is 5.40. The number of amides is 2. The maximum Gasteiger partial charge on any atom is 0.300 e. The Bertz CT molecular complexity index is 1030. The standard InChI is InChI=1S/C19H22N2O6S/c1-21(19(23)17-15-7-3-5-13(15)11-27-17)8-9-28(24,25)20-18(22)16-14-6-2-4-12(14)10-26-16/h10-11H,2-9H2,1H3,(H,20,22). The van der Waals surface area contributed by atoms with E-state index in [1.807, 2.05) is 4.72 Å². The predicted molar refractivity (Wildman–Crippen MR) is 99.7 cm³/mol. The molecule has 0 fully saturated rings. The van der Waals surface area contributed by atoms with Gasteiger partial charge >= 0.3 is 5.91 Å². The highest BCUT2D eigenvalue weighted by molar-refractivity contribution is 7.90. The molecule has 0 bridgehead atoms. The molecule has 0 unspecified atom stereocenters. The molecule has 2 aliphatic rings. The summed E-state index contributed by atoms with van der Waals surface area (Å²) in [5.74, 6) is -1.17. The average molecular weight is 406 g/mol. The van der Waals surface area contributed by atoms with Crippen molar-refractivity contribution in [2.24, 2.45) is 0 Å². The van der Waals surface area contributed by atoms with Crippen molar-refractivity contribution in [1.82, 2.24) is 9.62 Å². The van der Waals surface area contributed by atoms with E-state index in [-0.39, 0.29) is 24.0 Å². The van der Waals surface area contributed by atoms with E-state index in [0.29, 0.717) is 6.42 Å². The van der Waals surface area contributed by atoms with Gasteiger partial charge < -0.3 is 13.7 Å². The molecule has 9 heteroatoms. The molecule has 2 aromatic heterocycles. The number of carbonyl (C=O) groups is 2. The summed E-state index contributed by atoms with van der Waals surface area (Å²) in [6, 6.07) is 0. The van der Waals surface area contributed by atoms with Crippen LogP contribution in [0.15, 0.2) is 21.4 Å². The van der Waals surface area contributed by atoms with Crippen LogP contribution in [0.4, 0.5) is 0 Å². The van der Waals surface area contributed by atoms with Crippen LogP contribution in [0.25, 0.3) is 0 Å². The zero-order valence-electron chi connectivity index (χ0n) is 15.6. The monoisotopic (exact) mass is 406 g/mol. The van der Waals surface area contributed by atoms with Crippen molar-refractivity contribution in [2.75, 3.05) is 19.3 Å². The number of carbonyl (C=O) groups excluding carboxylic acids is 2. The van der Waals surface area contributed by atoms with Gasteiger partial charge in [0.05, 0.1) is 18.3 Å². The number of hydrogen-bond donors (Lipinski definition) is 1. The second kappa shape index (κ2) is 7.12. The lowest BCUT2D eigenvalue weighted by atomic mass is 10.2. The van der Waals surface area contributed by atoms with Gasteiger partial charge in [-0.15, -0.1) is 0 Å². The zero-order valence-corrected chi connectivity index (χ0v) is 16.4. The van der Waals surface area contributed by atoms with Gasteiger partial charge in [-0.3, -0.25) is 9.59 Å². The van der Waals surface area contributed by atoms with Gasteiger partial charge in [0, 0.05) is 24.7 Å². The summed E-state index contributed by atoms with van der Waals surface area (Å²) in [6.45, 7) is -0.0623. The van der Waals surface area contributed by atoms with E-state index < -0.39 is 21.7 Å². The lowest BCUT2D eigenvalue weighted by molar-refractivity contribution is 0.0770. The maximum atomic E-state index is 12.6. The predicted octanol–water partition coefficient (Wildman–Crippen LogP) is 1.68. The number of sulfonamides is 1. The number of fused-ring (bicyclic) bond motifs is 2. The van der Waals surface area contributed by atoms with Gasteiger partial charge in [-0.1, -0.05) is 0 Å². The van der Waals surface area contributed by atoms with Crippen LogP contribution in [0, 0.1) is 0 Å². The first kappa shape index (κ1) is 18.8. The van der Waals surface area contributed by atoms with E-state index >= 15 is 0 Å². The van der Waals surface area contributed by atoms with Crippen LogP contribution >= 0.6 is 0 Å². The number of nitrogens with zero attached hydrogens (tertiary/aromatic N) is 1. The topological polar surface area (TPSA) is 110 Å². The fraction of sp³-hybridized carbons (Fsp3) is 0.474. The summed E-state index contributed by atoms with van der Waals surface area (Å²) in [5, 5.41) is 0. The first-order valence-electron chi connectivity index (χ1n) is 9.34. The van der Waals surface area contributed by atoms with Crippen molar-refractivity contribution >= 4 is 21.8 Å². The van der Waals surface area contributed by atoms with Crippen molar-refractivity contribution in [3.8, 4) is 0 Å². The van der Waals surface area contributed by atoms with Gasteiger partial charge in [0.1, 0.15) is 0 Å². The SMILES string of the molecule is CN(CCS(=O)(=O)NC(=O)c1occ2c1CCC2)C(=O)c1occ2c1CCC2. The molecule has 4 rings (SSSR count). The van der Waals surface area contributed by atoms with Crippen molar-refractivity contribution in [3.63, 3.8) is 0 Å². The summed E-state index contributed by atoms with van der Waals surface area (Å²) in [5.41, 5.74) is 3.70. The molecule has 2 heterocycles. The summed E-state index contributed by atoms with van der Waals surface area (Å²) in [6.07, 6.45) is 8.26. The van der Waals surface area contributed by atoms with E-state index in [0.717, 1.165) is 54.4 Å². The minimum absolute atomic E-state index is 0.0617. The summed E-state index contributed by atoms with van der Waals surface area (Å²) in [7, 11) is -2.40. The van der Waals surface area contributed by atoms with Gasteiger partial charge in [0.25, 0.3) is 5.91 Å². The van der Waals surface area contributed by atoms with Crippen LogP contribution in [0.3, 0.4) is 0 Å². The van der Waals surface area contributed by atoms with Gasteiger partial charge in [-0.2, -0.15) is 0 Å². The zero-order chi connectivity index (χ0) is 19.9. The second-order valence-corrected chi connectivity index (χ2v) is 9.16. The van der Waals surface area contributed by atoms with E-state index in [1.165, 1.54) is 18.2 Å². The molecule has 2 aromatic rings. The largest absolute Gasteiger partial charge is 0.459 e. The Morgan fingerprint density at radius 3 is 2.21 bits per heavy atom. The molecule has 0 aromatic carbocycles. The fourth-order valence-electron chi connectivity index (χ4n) is 3.86. The third-order valence-corrected chi connectivity index (χ3v) is 6.61. The molecule has 0 spiro atoms. The number of rotatable bonds is 6. The highest BCUT2D eigenvalue weighted by atomic mass is 32.2. The van der Waals surface area contributed by atoms with Crippen molar-refractivity contribution in [1.29, 1.82) is 0 Å². The van der Waals surface area contributed by atoms with Crippen LogP contribution in [0.1, 0.15) is 56.2 Å². The molecule has 0 saturated carbocycles. The molecular formula is C19H22N2O6S. The highest BCUT2D eigenvalue weighted by Crippen LogP contribution is 2.28. The van der Waals surface area contributed by atoms with Crippen LogP contribution in [-0.4, -0.2) is 44.5 Å². The number of nitrogens with one attached hydrogen (secondary N) is 1. The van der Waals surface area contributed by atoms with E-state index in [2.05, 4.69) is 0 Å². The first-order valence-corrected chi connectivity index (χ1v) is 11.0. The van der Waals surface area contributed by atoms with Crippen molar-refractivity contribution in [3.05, 3.63) is 46.3 Å². The Labute approximate surface area is 162 Å². The molecule has 28 heavy (non-hydrogen) atoms. The van der Waals surface area contributed by atoms with E-state index in [4.69, 9.17) is 8.83 Å². The molecule has 150 valence electrons. The van der Waals surface area contributed by atoms with Gasteiger partial charge in [0.2, 0.25) is 10.0 Å². The van der Waals surface area contributed by atoms with Gasteiger partial charge in [-0.05, 0) is 49.7 Å². The Balaban J connectivity index is 1.36. The Morgan fingerprint density at radius 2 is 1.57 bits per heavy atom. The summed E-state index contributed by atoms with van der Waals surface area (Å²) in [4.78, 5) is 26.1. The minimum atomic E-state index is -3.92. The molecule has 0 saturated heterocycles. The number of hydrogen-bond acceptors (Lipinski definition) is 6. The highest BCUT2D eigenvalue weighted by Gasteiger charge is 2.28. The summed E-state index contributed by atoms with van der Waals surface area (Å²) < 4.78 is 37.3. The molecular weight excluding hydrogens is 384 g/mol. The average Bonchev–Trinajstić information content (AvgIpc) is 3.38. The fourth-order valence-corrected chi connectivity index (χ4v) is 4.85. The van der Waals surface area contributed by atoms with Crippen molar-refractivity contribution in [2.45, 2.75) is 38.5 Å². The van der Waals surface area contributed by atoms with Crippen LogP contribution in [0.5, 0.6) is 0 Å². The van der Waals surface area contributed by atoms with Crippen LogP contribution < -0.4 is 4.72 Å². The van der Waals surface area contributed by atoms with Gasteiger partial charge in [-0.25, -0.2) is 13.1 Å². The molecule has 0 radical (unpaired) electrons. The normalized spacial score (nSPS) is 15.3. The Kier molecular flexibility index (Phi) is 4.78.